The van der Waals surface area contributed by atoms with E-state index in [0.29, 0.717) is 29.5 Å². The quantitative estimate of drug-likeness (QED) is 0.468. The number of aliphatic carboxylic acids is 1. The molecule has 8 heteroatoms. The molecule has 172 valence electrons. The molecule has 0 saturated heterocycles. The Balaban J connectivity index is 1.34. The maximum atomic E-state index is 12.6. The van der Waals surface area contributed by atoms with Crippen molar-refractivity contribution in [2.75, 3.05) is 19.0 Å². The van der Waals surface area contributed by atoms with Crippen LogP contribution in [0.25, 0.3) is 0 Å². The molecule has 1 aliphatic carbocycles. The lowest BCUT2D eigenvalue weighted by molar-refractivity contribution is -0.137. The molecular weight excluding hydrogens is 440 g/mol. The van der Waals surface area contributed by atoms with Crippen molar-refractivity contribution in [1.29, 1.82) is 0 Å². The number of methoxy groups -OCH3 is 1. The topological polar surface area (TPSA) is 97.8 Å². The maximum Gasteiger partial charge on any atom is 0.303 e. The van der Waals surface area contributed by atoms with Crippen molar-refractivity contribution in [3.63, 3.8) is 0 Å². The molecule has 1 heterocycles. The number of nitrogens with zero attached hydrogens (tertiary/aromatic N) is 1. The van der Waals surface area contributed by atoms with Crippen molar-refractivity contribution in [3.05, 3.63) is 69.7 Å². The molecule has 0 saturated carbocycles. The molecule has 0 radical (unpaired) electrons. The standard InChI is InChI=1S/C25H26N2O5S/c1-15-21(26-25(33-15)27-24(30)20-5-3-4-6-22(20)31-2)11-12-32-18-9-10-19-16(13-18)7-8-17(19)14-23(28)29/h3-6,9-10,13,17H,7-8,11-12,14H2,1-2H3,(H,28,29)(H,26,27,30)/t17-/m0/s1. The number of carbonyl (C=O) groups is 2. The van der Waals surface area contributed by atoms with Crippen LogP contribution in [0, 0.1) is 6.92 Å². The highest BCUT2D eigenvalue weighted by Crippen LogP contribution is 2.37. The number of fused-ring (bicyclic) bond motifs is 1. The SMILES string of the molecule is COc1ccccc1C(=O)Nc1nc(CCOc2ccc3c(c2)CC[C@H]3CC(=O)O)c(C)s1. The zero-order valence-electron chi connectivity index (χ0n) is 18.6. The Morgan fingerprint density at radius 1 is 1.24 bits per heavy atom. The van der Waals surface area contributed by atoms with E-state index >= 15 is 0 Å². The van der Waals surface area contributed by atoms with Crippen LogP contribution in [0.2, 0.25) is 0 Å². The van der Waals surface area contributed by atoms with E-state index in [0.717, 1.165) is 34.7 Å². The van der Waals surface area contributed by atoms with E-state index in [1.807, 2.05) is 31.2 Å². The fraction of sp³-hybridized carbons (Fsp3) is 0.320. The molecule has 1 atom stereocenters. The van der Waals surface area contributed by atoms with Gasteiger partial charge >= 0.3 is 5.97 Å². The summed E-state index contributed by atoms with van der Waals surface area (Å²) in [7, 11) is 1.53. The first-order valence-electron chi connectivity index (χ1n) is 10.8. The van der Waals surface area contributed by atoms with E-state index < -0.39 is 5.97 Å². The zero-order chi connectivity index (χ0) is 23.4. The fourth-order valence-electron chi connectivity index (χ4n) is 4.17. The van der Waals surface area contributed by atoms with Crippen LogP contribution in [0.15, 0.2) is 42.5 Å². The maximum absolute atomic E-state index is 12.6. The summed E-state index contributed by atoms with van der Waals surface area (Å²) in [6.45, 7) is 2.44. The largest absolute Gasteiger partial charge is 0.496 e. The number of para-hydroxylation sites is 1. The van der Waals surface area contributed by atoms with Gasteiger partial charge in [-0.3, -0.25) is 14.9 Å². The average molecular weight is 467 g/mol. The number of aryl methyl sites for hydroxylation is 2. The molecule has 3 aromatic rings. The van der Waals surface area contributed by atoms with Gasteiger partial charge < -0.3 is 14.6 Å². The number of ether oxygens (including phenoxy) is 2. The van der Waals surface area contributed by atoms with Gasteiger partial charge in [0.2, 0.25) is 0 Å². The van der Waals surface area contributed by atoms with Crippen molar-refractivity contribution in [3.8, 4) is 11.5 Å². The minimum absolute atomic E-state index is 0.0914. The third-order valence-corrected chi connectivity index (χ3v) is 6.74. The van der Waals surface area contributed by atoms with Crippen LogP contribution in [-0.4, -0.2) is 35.7 Å². The van der Waals surface area contributed by atoms with Crippen molar-refractivity contribution in [2.45, 2.75) is 38.5 Å². The van der Waals surface area contributed by atoms with Crippen molar-refractivity contribution >= 4 is 28.3 Å². The van der Waals surface area contributed by atoms with Crippen LogP contribution < -0.4 is 14.8 Å². The minimum Gasteiger partial charge on any atom is -0.496 e. The molecule has 0 unspecified atom stereocenters. The highest BCUT2D eigenvalue weighted by atomic mass is 32.1. The first-order chi connectivity index (χ1) is 15.9. The van der Waals surface area contributed by atoms with Gasteiger partial charge in [0.05, 0.1) is 31.4 Å². The summed E-state index contributed by atoms with van der Waals surface area (Å²) >= 11 is 1.43. The van der Waals surface area contributed by atoms with Crippen LogP contribution in [-0.2, 0) is 17.6 Å². The van der Waals surface area contributed by atoms with Gasteiger partial charge in [-0.05, 0) is 61.1 Å². The first-order valence-corrected chi connectivity index (χ1v) is 11.6. The van der Waals surface area contributed by atoms with Gasteiger partial charge in [-0.25, -0.2) is 4.98 Å². The average Bonchev–Trinajstić information content (AvgIpc) is 3.35. The highest BCUT2D eigenvalue weighted by molar-refractivity contribution is 7.15. The number of aromatic nitrogens is 1. The van der Waals surface area contributed by atoms with Crippen LogP contribution in [0.4, 0.5) is 5.13 Å². The number of hydrogen-bond donors (Lipinski definition) is 2. The number of carboxylic acid groups (broad SMARTS) is 1. The number of thiazole rings is 1. The number of rotatable bonds is 9. The zero-order valence-corrected chi connectivity index (χ0v) is 19.4. The van der Waals surface area contributed by atoms with Crippen LogP contribution in [0.1, 0.15) is 50.8 Å². The lowest BCUT2D eigenvalue weighted by atomic mass is 9.98. The number of nitrogens with one attached hydrogen (secondary N) is 1. The van der Waals surface area contributed by atoms with E-state index in [2.05, 4.69) is 10.3 Å². The molecule has 33 heavy (non-hydrogen) atoms. The van der Waals surface area contributed by atoms with E-state index in [-0.39, 0.29) is 18.2 Å². The molecule has 1 aromatic heterocycles. The van der Waals surface area contributed by atoms with E-state index in [1.165, 1.54) is 24.0 Å². The van der Waals surface area contributed by atoms with Crippen LogP contribution >= 0.6 is 11.3 Å². The van der Waals surface area contributed by atoms with E-state index in [1.54, 1.807) is 18.2 Å². The molecule has 0 spiro atoms. The molecule has 4 rings (SSSR count). The summed E-state index contributed by atoms with van der Waals surface area (Å²) in [4.78, 5) is 29.2. The number of carboxylic acids is 1. The monoisotopic (exact) mass is 466 g/mol. The molecule has 1 aliphatic rings. The summed E-state index contributed by atoms with van der Waals surface area (Å²) in [5.74, 6) is 0.366. The lowest BCUT2D eigenvalue weighted by Gasteiger charge is -2.10. The summed E-state index contributed by atoms with van der Waals surface area (Å²) in [6, 6.07) is 13.0. The normalized spacial score (nSPS) is 14.5. The van der Waals surface area contributed by atoms with Gasteiger partial charge in [-0.15, -0.1) is 11.3 Å². The van der Waals surface area contributed by atoms with Crippen molar-refractivity contribution in [2.24, 2.45) is 0 Å². The second kappa shape index (κ2) is 10.0. The van der Waals surface area contributed by atoms with Gasteiger partial charge in [-0.1, -0.05) is 18.2 Å². The molecule has 0 fully saturated rings. The lowest BCUT2D eigenvalue weighted by Crippen LogP contribution is -2.13. The Morgan fingerprint density at radius 2 is 2.06 bits per heavy atom. The van der Waals surface area contributed by atoms with Crippen LogP contribution in [0.3, 0.4) is 0 Å². The third kappa shape index (κ3) is 5.34. The molecular formula is C25H26N2O5S. The molecule has 2 aromatic carbocycles. The Morgan fingerprint density at radius 3 is 2.85 bits per heavy atom. The van der Waals surface area contributed by atoms with E-state index in [4.69, 9.17) is 14.6 Å². The third-order valence-electron chi connectivity index (χ3n) is 5.81. The molecule has 7 nitrogen and oxygen atoms in total. The van der Waals surface area contributed by atoms with Crippen LogP contribution in [0.5, 0.6) is 11.5 Å². The summed E-state index contributed by atoms with van der Waals surface area (Å²) in [5.41, 5.74) is 3.64. The minimum atomic E-state index is -0.759. The summed E-state index contributed by atoms with van der Waals surface area (Å²) in [6.07, 6.45) is 2.54. The number of hydrogen-bond acceptors (Lipinski definition) is 6. The number of benzene rings is 2. The molecule has 0 bridgehead atoms. The van der Waals surface area contributed by atoms with Gasteiger partial charge in [0.1, 0.15) is 11.5 Å². The molecule has 0 aliphatic heterocycles. The predicted octanol–water partition coefficient (Wildman–Crippen LogP) is 4.84. The Labute approximate surface area is 196 Å². The van der Waals surface area contributed by atoms with Gasteiger partial charge in [0, 0.05) is 11.3 Å². The van der Waals surface area contributed by atoms with Gasteiger partial charge in [-0.2, -0.15) is 0 Å². The van der Waals surface area contributed by atoms with Gasteiger partial charge in [0.15, 0.2) is 5.13 Å². The number of anilines is 1. The van der Waals surface area contributed by atoms with E-state index in [9.17, 15) is 9.59 Å². The Bertz CT molecular complexity index is 1170. The first kappa shape index (κ1) is 22.8. The second-order valence-corrected chi connectivity index (χ2v) is 9.17. The predicted molar refractivity (Wildman–Crippen MR) is 127 cm³/mol. The van der Waals surface area contributed by atoms with Gasteiger partial charge in [0.25, 0.3) is 5.91 Å². The smallest absolute Gasteiger partial charge is 0.303 e. The molecule has 2 N–H and O–H groups in total. The second-order valence-electron chi connectivity index (χ2n) is 7.97. The highest BCUT2D eigenvalue weighted by Gasteiger charge is 2.25. The van der Waals surface area contributed by atoms with Crippen molar-refractivity contribution < 1.29 is 24.2 Å². The number of amides is 1. The number of carbonyl (C=O) groups excluding carboxylic acids is 1. The summed E-state index contributed by atoms with van der Waals surface area (Å²) < 4.78 is 11.2. The summed E-state index contributed by atoms with van der Waals surface area (Å²) in [5, 5.41) is 12.5. The fourth-order valence-corrected chi connectivity index (χ4v) is 5.03. The Hall–Kier alpha value is -3.39. The molecule has 1 amide bonds. The van der Waals surface area contributed by atoms with Crippen molar-refractivity contribution in [1.82, 2.24) is 4.98 Å². The Kier molecular flexibility index (Phi) is 6.93.